The Morgan fingerprint density at radius 3 is 1.58 bits per heavy atom. The van der Waals surface area contributed by atoms with Crippen LogP contribution in [-0.2, 0) is 48.0 Å². The van der Waals surface area contributed by atoms with Crippen molar-refractivity contribution >= 4 is 61.0 Å². The van der Waals surface area contributed by atoms with E-state index in [4.69, 9.17) is 19.7 Å². The number of carboxylic acid groups (broad SMARTS) is 2. The summed E-state index contributed by atoms with van der Waals surface area (Å²) in [6.45, 7) is 0.261. The van der Waals surface area contributed by atoms with Crippen molar-refractivity contribution in [2.45, 2.75) is 44.3 Å². The molecule has 4 aromatic rings. The minimum atomic E-state index is -1.22. The first-order chi connectivity index (χ1) is 27.4. The van der Waals surface area contributed by atoms with Crippen LogP contribution in [0.25, 0.3) is 11.1 Å². The smallest absolute Gasteiger partial charge is 0.341 e. The molecule has 57 heavy (non-hydrogen) atoms. The molecule has 4 rings (SSSR count). The minimum Gasteiger partial charge on any atom is -0.482 e. The Bertz CT molecular complexity index is 2010. The van der Waals surface area contributed by atoms with Crippen molar-refractivity contribution in [1.82, 2.24) is 19.1 Å². The fourth-order valence-corrected chi connectivity index (χ4v) is 7.24. The zero-order valence-electron chi connectivity index (χ0n) is 31.5. The summed E-state index contributed by atoms with van der Waals surface area (Å²) in [6.07, 6.45) is 0.219. The Morgan fingerprint density at radius 1 is 0.649 bits per heavy atom. The molecule has 0 aromatic heterocycles. The highest BCUT2D eigenvalue weighted by atomic mass is 127. The van der Waals surface area contributed by atoms with E-state index in [1.54, 1.807) is 55.6 Å². The van der Waals surface area contributed by atoms with Crippen LogP contribution in [0.15, 0.2) is 103 Å². The number of likely N-dealkylation sites (N-methyl/N-ethyl adjacent to an activating group) is 1. The molecule has 15 heteroatoms. The molecular weight excluding hydrogens is 847 g/mol. The van der Waals surface area contributed by atoms with Crippen LogP contribution < -0.4 is 25.4 Å². The molecule has 0 spiro atoms. The Labute approximate surface area is 340 Å². The third-order valence-corrected chi connectivity index (χ3v) is 10.6. The van der Waals surface area contributed by atoms with E-state index in [2.05, 4.69) is 20.5 Å². The highest BCUT2D eigenvalue weighted by Crippen LogP contribution is 2.22. The molecule has 0 heterocycles. The maximum Gasteiger partial charge on any atom is 0.341 e. The topological polar surface area (TPSA) is 201 Å². The molecule has 4 aromatic carbocycles. The second-order valence-corrected chi connectivity index (χ2v) is 14.7. The number of ketones is 1. The Balaban J connectivity index is 1.62. The first kappa shape index (κ1) is 43.8. The molecule has 0 aliphatic carbocycles. The first-order valence-corrected chi connectivity index (χ1v) is 20.3. The molecule has 0 fully saturated rings. The summed E-state index contributed by atoms with van der Waals surface area (Å²) < 4.78 is 15.9. The number of nitrogens with one attached hydrogen (secondary N) is 3. The largest absolute Gasteiger partial charge is 0.482 e. The summed E-state index contributed by atoms with van der Waals surface area (Å²) in [4.78, 5) is 76.6. The number of rotatable bonds is 22. The lowest BCUT2D eigenvalue weighted by Gasteiger charge is -2.29. The van der Waals surface area contributed by atoms with Crippen LogP contribution in [0.1, 0.15) is 23.6 Å². The first-order valence-electron chi connectivity index (χ1n) is 17.8. The van der Waals surface area contributed by atoms with E-state index in [1.807, 2.05) is 54.6 Å². The molecular formula is C42H45IN4O10. The van der Waals surface area contributed by atoms with Gasteiger partial charge in [-0.25, -0.2) is 9.59 Å². The zero-order chi connectivity index (χ0) is 41.3. The quantitative estimate of drug-likeness (QED) is 0.0571. The van der Waals surface area contributed by atoms with Crippen molar-refractivity contribution in [3.8, 4) is 22.6 Å². The zero-order valence-corrected chi connectivity index (χ0v) is 33.6. The average molecular weight is 893 g/mol. The van der Waals surface area contributed by atoms with Crippen molar-refractivity contribution in [2.24, 2.45) is 0 Å². The molecule has 0 bridgehead atoms. The Kier molecular flexibility index (Phi) is 16.9. The lowest BCUT2D eigenvalue weighted by atomic mass is 9.98. The van der Waals surface area contributed by atoms with Crippen molar-refractivity contribution in [1.29, 1.82) is 0 Å². The van der Waals surface area contributed by atoms with Gasteiger partial charge in [-0.05, 0) is 98.0 Å². The maximum atomic E-state index is 14.4. The predicted molar refractivity (Wildman–Crippen MR) is 222 cm³/mol. The van der Waals surface area contributed by atoms with Gasteiger partial charge in [-0.2, -0.15) is 0 Å². The summed E-state index contributed by atoms with van der Waals surface area (Å²) in [5, 5.41) is 26.4. The number of hydrogen-bond donors (Lipinski definition) is 5. The van der Waals surface area contributed by atoms with Crippen LogP contribution in [0.4, 0.5) is 0 Å². The van der Waals surface area contributed by atoms with E-state index in [-0.39, 0.29) is 37.5 Å². The molecule has 0 unspecified atom stereocenters. The molecule has 3 amide bonds. The second kappa shape index (κ2) is 22.0. The van der Waals surface area contributed by atoms with E-state index in [0.29, 0.717) is 22.6 Å². The van der Waals surface area contributed by atoms with Crippen LogP contribution in [0.2, 0.25) is 0 Å². The number of hydrogen-bond acceptors (Lipinski definition) is 9. The maximum absolute atomic E-state index is 14.4. The van der Waals surface area contributed by atoms with Crippen LogP contribution in [-0.4, -0.2) is 98.2 Å². The van der Waals surface area contributed by atoms with Gasteiger partial charge in [0.05, 0.1) is 12.6 Å². The normalized spacial score (nSPS) is 12.3. The molecule has 0 saturated heterocycles. The highest BCUT2D eigenvalue weighted by Gasteiger charge is 2.33. The van der Waals surface area contributed by atoms with Crippen LogP contribution in [0, 0.1) is 0 Å². The molecule has 14 nitrogen and oxygen atoms in total. The van der Waals surface area contributed by atoms with Crippen molar-refractivity contribution in [3.05, 3.63) is 120 Å². The van der Waals surface area contributed by atoms with Crippen molar-refractivity contribution in [3.63, 3.8) is 0 Å². The van der Waals surface area contributed by atoms with Gasteiger partial charge < -0.3 is 35.6 Å². The van der Waals surface area contributed by atoms with Gasteiger partial charge in [-0.1, -0.05) is 78.9 Å². The lowest BCUT2D eigenvalue weighted by molar-refractivity contribution is -0.140. The highest BCUT2D eigenvalue weighted by molar-refractivity contribution is 14.2. The van der Waals surface area contributed by atoms with Gasteiger partial charge in [0.15, 0.2) is 19.0 Å². The number of ether oxygens (including phenoxy) is 2. The van der Waals surface area contributed by atoms with Gasteiger partial charge in [-0.3, -0.25) is 22.3 Å². The summed E-state index contributed by atoms with van der Waals surface area (Å²) >= 11 is -1.22. The number of benzene rings is 4. The molecule has 0 aliphatic rings. The van der Waals surface area contributed by atoms with Gasteiger partial charge in [0.1, 0.15) is 23.6 Å². The summed E-state index contributed by atoms with van der Waals surface area (Å²) in [6, 6.07) is 27.0. The molecule has 0 aliphatic heterocycles. The van der Waals surface area contributed by atoms with Crippen LogP contribution in [0.5, 0.6) is 11.5 Å². The van der Waals surface area contributed by atoms with Crippen LogP contribution in [0.3, 0.4) is 0 Å². The van der Waals surface area contributed by atoms with Crippen LogP contribution >= 0.6 is 21.0 Å². The van der Waals surface area contributed by atoms with Crippen molar-refractivity contribution in [2.75, 3.05) is 26.8 Å². The van der Waals surface area contributed by atoms with Gasteiger partial charge in [0.25, 0.3) is 0 Å². The van der Waals surface area contributed by atoms with E-state index < -0.39 is 76.1 Å². The third-order valence-electron chi connectivity index (χ3n) is 8.65. The summed E-state index contributed by atoms with van der Waals surface area (Å²) in [7, 11) is 1.61. The number of carbonyl (C=O) groups is 6. The number of amides is 3. The number of Topliss-reactive ketones (excluding diaryl/α,β-unsaturated/α-hetero) is 1. The standard InChI is InChI=1S/C42H45IN4O10/c1-27(48)35(21-29-11-17-33(18-12-29)56-25-39(50)51)45-41(54)36(22-28-9-15-32(16-10-28)31-7-5-4-6-8-31)46-42(55)37(47(43-2)38(49)24-44-3)23-30-13-19-34(20-14-30)57-26-40(52)53/h4-20,35-37,44H,2,21-26H2,1,3H3,(H,45,54)(H,46,55)(H,50,51)(H,52,53)/t35-,36-,37-/m0/s1. The Hall–Kier alpha value is -5.94. The number of carbonyl (C=O) groups excluding carboxylic acids is 4. The molecule has 0 saturated carbocycles. The number of carboxylic acids is 2. The lowest BCUT2D eigenvalue weighted by Crippen LogP contribution is -2.57. The average Bonchev–Trinajstić information content (AvgIpc) is 3.20. The van der Waals surface area contributed by atoms with Gasteiger partial charge in [-0.15, -0.1) is 0 Å². The van der Waals surface area contributed by atoms with Gasteiger partial charge in [0, 0.05) is 12.8 Å². The van der Waals surface area contributed by atoms with Crippen molar-refractivity contribution < 1.29 is 48.5 Å². The predicted octanol–water partition coefficient (Wildman–Crippen LogP) is 3.60. The van der Waals surface area contributed by atoms with E-state index in [0.717, 1.165) is 16.7 Å². The molecule has 5 N–H and O–H groups in total. The van der Waals surface area contributed by atoms with E-state index >= 15 is 0 Å². The third kappa shape index (κ3) is 13.9. The second-order valence-electron chi connectivity index (χ2n) is 12.9. The van der Waals surface area contributed by atoms with E-state index in [1.165, 1.54) is 10.0 Å². The number of nitrogens with zero attached hydrogens (tertiary/aromatic N) is 1. The van der Waals surface area contributed by atoms with E-state index in [9.17, 15) is 28.8 Å². The SMILES string of the molecule is C=IN(C(=O)CNC)[C@@H](Cc1ccc(OCC(=O)O)cc1)C(=O)N[C@@H](Cc1ccc(-c2ccccc2)cc1)C(=O)N[C@@H](Cc1ccc(OCC(=O)O)cc1)C(C)=O. The molecule has 0 radical (unpaired) electrons. The summed E-state index contributed by atoms with van der Waals surface area (Å²) in [5.74, 6) is -3.52. The number of halogens is 1. The fourth-order valence-electron chi connectivity index (χ4n) is 5.76. The summed E-state index contributed by atoms with van der Waals surface area (Å²) in [5.41, 5.74) is 4.01. The number of aliphatic carboxylic acids is 2. The van der Waals surface area contributed by atoms with Gasteiger partial charge >= 0.3 is 11.9 Å². The molecule has 3 atom stereocenters. The van der Waals surface area contributed by atoms with Gasteiger partial charge in [0.2, 0.25) is 17.7 Å². The molecule has 300 valence electrons. The minimum absolute atomic E-state index is 0.0500. The fraction of sp³-hybridized carbons (Fsp3) is 0.262. The monoisotopic (exact) mass is 892 g/mol. The Morgan fingerprint density at radius 2 is 1.11 bits per heavy atom.